The summed E-state index contributed by atoms with van der Waals surface area (Å²) in [7, 11) is 0. The van der Waals surface area contributed by atoms with Crippen molar-refractivity contribution in [3.8, 4) is 0 Å². The van der Waals surface area contributed by atoms with Gasteiger partial charge < -0.3 is 4.57 Å². The Balaban J connectivity index is 2.61. The standard InChI is InChI=1S/C13H14FNO/c1-3-15-12(6-9(2)16)8-10-7-11(14)4-5-13(10)15/h4-5,7-8H,3,6H2,1-2H3. The second-order valence-electron chi connectivity index (χ2n) is 3.96. The molecule has 0 bridgehead atoms. The van der Waals surface area contributed by atoms with Crippen LogP contribution in [0.1, 0.15) is 19.5 Å². The highest BCUT2D eigenvalue weighted by atomic mass is 19.1. The van der Waals surface area contributed by atoms with E-state index in [9.17, 15) is 9.18 Å². The molecule has 1 heterocycles. The average Bonchev–Trinajstić information content (AvgIpc) is 2.52. The van der Waals surface area contributed by atoms with Crippen LogP contribution in [0.5, 0.6) is 0 Å². The molecule has 2 nitrogen and oxygen atoms in total. The van der Waals surface area contributed by atoms with Crippen LogP contribution in [0, 0.1) is 5.82 Å². The normalized spacial score (nSPS) is 10.9. The van der Waals surface area contributed by atoms with Crippen LogP contribution < -0.4 is 0 Å². The van der Waals surface area contributed by atoms with E-state index in [2.05, 4.69) is 4.57 Å². The fourth-order valence-electron chi connectivity index (χ4n) is 2.07. The van der Waals surface area contributed by atoms with Gasteiger partial charge in [-0.3, -0.25) is 4.79 Å². The van der Waals surface area contributed by atoms with E-state index in [1.54, 1.807) is 13.0 Å². The lowest BCUT2D eigenvalue weighted by Crippen LogP contribution is -2.04. The van der Waals surface area contributed by atoms with E-state index in [4.69, 9.17) is 0 Å². The van der Waals surface area contributed by atoms with E-state index in [-0.39, 0.29) is 11.6 Å². The van der Waals surface area contributed by atoms with Crippen molar-refractivity contribution >= 4 is 16.7 Å². The smallest absolute Gasteiger partial charge is 0.135 e. The molecule has 0 aliphatic heterocycles. The third-order valence-electron chi connectivity index (χ3n) is 2.70. The largest absolute Gasteiger partial charge is 0.344 e. The van der Waals surface area contributed by atoms with Crippen LogP contribution in [-0.2, 0) is 17.8 Å². The molecule has 0 unspecified atom stereocenters. The van der Waals surface area contributed by atoms with E-state index in [0.717, 1.165) is 23.1 Å². The highest BCUT2D eigenvalue weighted by molar-refractivity contribution is 5.84. The summed E-state index contributed by atoms with van der Waals surface area (Å²) in [5.74, 6) is -0.117. The van der Waals surface area contributed by atoms with Crippen LogP contribution in [-0.4, -0.2) is 10.4 Å². The second-order valence-corrected chi connectivity index (χ2v) is 3.96. The second kappa shape index (κ2) is 4.08. The number of carbonyl (C=O) groups excluding carboxylic acids is 1. The molecular formula is C13H14FNO. The molecule has 84 valence electrons. The van der Waals surface area contributed by atoms with Crippen LogP contribution >= 0.6 is 0 Å². The summed E-state index contributed by atoms with van der Waals surface area (Å²) in [6, 6.07) is 6.61. The average molecular weight is 219 g/mol. The summed E-state index contributed by atoms with van der Waals surface area (Å²) < 4.78 is 15.1. The first-order valence-electron chi connectivity index (χ1n) is 5.39. The van der Waals surface area contributed by atoms with Gasteiger partial charge in [-0.15, -0.1) is 0 Å². The molecule has 3 heteroatoms. The first-order valence-corrected chi connectivity index (χ1v) is 5.39. The number of fused-ring (bicyclic) bond motifs is 1. The Hall–Kier alpha value is -1.64. The number of nitrogens with zero attached hydrogens (tertiary/aromatic N) is 1. The number of benzene rings is 1. The van der Waals surface area contributed by atoms with Crippen molar-refractivity contribution < 1.29 is 9.18 Å². The maximum Gasteiger partial charge on any atom is 0.135 e. The van der Waals surface area contributed by atoms with Gasteiger partial charge in [0.2, 0.25) is 0 Å². The van der Waals surface area contributed by atoms with Gasteiger partial charge in [-0.05, 0) is 38.1 Å². The van der Waals surface area contributed by atoms with Gasteiger partial charge >= 0.3 is 0 Å². The van der Waals surface area contributed by atoms with Gasteiger partial charge in [0.1, 0.15) is 11.6 Å². The molecule has 0 atom stereocenters. The zero-order valence-corrected chi connectivity index (χ0v) is 9.46. The minimum absolute atomic E-state index is 0.123. The number of aryl methyl sites for hydroxylation is 1. The van der Waals surface area contributed by atoms with E-state index >= 15 is 0 Å². The number of rotatable bonds is 3. The topological polar surface area (TPSA) is 22.0 Å². The van der Waals surface area contributed by atoms with Crippen molar-refractivity contribution in [2.75, 3.05) is 0 Å². The highest BCUT2D eigenvalue weighted by Gasteiger charge is 2.09. The summed E-state index contributed by atoms with van der Waals surface area (Å²) in [5.41, 5.74) is 1.94. The lowest BCUT2D eigenvalue weighted by Gasteiger charge is -2.05. The molecule has 0 aliphatic rings. The summed E-state index contributed by atoms with van der Waals surface area (Å²) >= 11 is 0. The van der Waals surface area contributed by atoms with Gasteiger partial charge in [0.15, 0.2) is 0 Å². The molecule has 0 spiro atoms. The van der Waals surface area contributed by atoms with Crippen molar-refractivity contribution in [2.45, 2.75) is 26.8 Å². The lowest BCUT2D eigenvalue weighted by atomic mass is 10.2. The van der Waals surface area contributed by atoms with E-state index in [1.807, 2.05) is 13.0 Å². The predicted molar refractivity (Wildman–Crippen MR) is 62.0 cm³/mol. The Kier molecular flexibility index (Phi) is 2.77. The van der Waals surface area contributed by atoms with Crippen molar-refractivity contribution in [3.63, 3.8) is 0 Å². The fraction of sp³-hybridized carbons (Fsp3) is 0.308. The molecule has 2 rings (SSSR count). The van der Waals surface area contributed by atoms with Crippen LogP contribution in [0.15, 0.2) is 24.3 Å². The maximum absolute atomic E-state index is 13.1. The third-order valence-corrected chi connectivity index (χ3v) is 2.70. The molecule has 2 aromatic rings. The molecular weight excluding hydrogens is 205 g/mol. The Morgan fingerprint density at radius 2 is 2.12 bits per heavy atom. The quantitative estimate of drug-likeness (QED) is 0.778. The number of carbonyl (C=O) groups is 1. The predicted octanol–water partition coefficient (Wildman–Crippen LogP) is 2.93. The van der Waals surface area contributed by atoms with Crippen LogP contribution in [0.25, 0.3) is 10.9 Å². The van der Waals surface area contributed by atoms with Crippen molar-refractivity contribution in [1.29, 1.82) is 0 Å². The first kappa shape index (κ1) is 10.9. The Labute approximate surface area is 93.7 Å². The van der Waals surface area contributed by atoms with Gasteiger partial charge in [0, 0.05) is 29.6 Å². The zero-order chi connectivity index (χ0) is 11.7. The van der Waals surface area contributed by atoms with Crippen molar-refractivity contribution in [1.82, 2.24) is 4.57 Å². The first-order chi connectivity index (χ1) is 7.61. The monoisotopic (exact) mass is 219 g/mol. The number of hydrogen-bond acceptors (Lipinski definition) is 1. The lowest BCUT2D eigenvalue weighted by molar-refractivity contribution is -0.116. The molecule has 0 fully saturated rings. The molecule has 1 aromatic carbocycles. The SMILES string of the molecule is CCn1c(CC(C)=O)cc2cc(F)ccc21. The summed E-state index contributed by atoms with van der Waals surface area (Å²) in [6.45, 7) is 4.38. The summed E-state index contributed by atoms with van der Waals surface area (Å²) in [4.78, 5) is 11.1. The molecule has 1 aromatic heterocycles. The minimum atomic E-state index is -0.241. The Morgan fingerprint density at radius 3 is 2.75 bits per heavy atom. The number of halogens is 1. The van der Waals surface area contributed by atoms with E-state index < -0.39 is 0 Å². The van der Waals surface area contributed by atoms with Crippen LogP contribution in [0.3, 0.4) is 0 Å². The van der Waals surface area contributed by atoms with Crippen molar-refractivity contribution in [3.05, 3.63) is 35.8 Å². The van der Waals surface area contributed by atoms with Gasteiger partial charge in [-0.2, -0.15) is 0 Å². The molecule has 0 saturated heterocycles. The number of ketones is 1. The minimum Gasteiger partial charge on any atom is -0.344 e. The fourth-order valence-corrected chi connectivity index (χ4v) is 2.07. The van der Waals surface area contributed by atoms with E-state index in [0.29, 0.717) is 6.42 Å². The maximum atomic E-state index is 13.1. The Bertz CT molecular complexity index is 542. The van der Waals surface area contributed by atoms with Gasteiger partial charge in [0.25, 0.3) is 0 Å². The number of hydrogen-bond donors (Lipinski definition) is 0. The van der Waals surface area contributed by atoms with Gasteiger partial charge in [-0.1, -0.05) is 0 Å². The molecule has 16 heavy (non-hydrogen) atoms. The molecule has 0 saturated carbocycles. The highest BCUT2D eigenvalue weighted by Crippen LogP contribution is 2.21. The van der Waals surface area contributed by atoms with Gasteiger partial charge in [-0.25, -0.2) is 4.39 Å². The van der Waals surface area contributed by atoms with Crippen LogP contribution in [0.4, 0.5) is 4.39 Å². The number of Topliss-reactive ketones (excluding diaryl/α,β-unsaturated/α-hetero) is 1. The third kappa shape index (κ3) is 1.85. The molecule has 0 aliphatic carbocycles. The Morgan fingerprint density at radius 1 is 1.38 bits per heavy atom. The van der Waals surface area contributed by atoms with E-state index in [1.165, 1.54) is 12.1 Å². The molecule has 0 N–H and O–H groups in total. The van der Waals surface area contributed by atoms with Crippen molar-refractivity contribution in [2.24, 2.45) is 0 Å². The molecule has 0 amide bonds. The summed E-state index contributed by atoms with van der Waals surface area (Å²) in [5, 5.41) is 0.859. The zero-order valence-electron chi connectivity index (χ0n) is 9.46. The summed E-state index contributed by atoms with van der Waals surface area (Å²) in [6.07, 6.45) is 0.407. The number of aromatic nitrogens is 1. The van der Waals surface area contributed by atoms with Crippen LogP contribution in [0.2, 0.25) is 0 Å². The molecule has 0 radical (unpaired) electrons. The van der Waals surface area contributed by atoms with Gasteiger partial charge in [0.05, 0.1) is 0 Å².